The summed E-state index contributed by atoms with van der Waals surface area (Å²) in [7, 11) is 3.22. The maximum atomic E-state index is 11.9. The number of ether oxygens (including phenoxy) is 1. The molecule has 19 heavy (non-hydrogen) atoms. The van der Waals surface area contributed by atoms with Gasteiger partial charge in [-0.25, -0.2) is 0 Å². The number of carbonyl (C=O) groups is 2. The third-order valence-corrected chi connectivity index (χ3v) is 3.57. The number of amides is 2. The Balaban J connectivity index is 2.19. The van der Waals surface area contributed by atoms with Gasteiger partial charge < -0.3 is 14.5 Å². The molecule has 0 atom stereocenters. The molecular weight excluding hydrogens is 312 g/mol. The Labute approximate surface area is 120 Å². The Kier molecular flexibility index (Phi) is 4.09. The van der Waals surface area contributed by atoms with E-state index in [1.165, 1.54) is 4.90 Å². The lowest BCUT2D eigenvalue weighted by Crippen LogP contribution is -2.51. The molecule has 6 heteroatoms. The zero-order valence-corrected chi connectivity index (χ0v) is 12.4. The quantitative estimate of drug-likeness (QED) is 0.840. The van der Waals surface area contributed by atoms with Crippen LogP contribution in [0.25, 0.3) is 0 Å². The molecule has 2 rings (SSSR count). The van der Waals surface area contributed by atoms with E-state index in [1.807, 2.05) is 18.2 Å². The van der Waals surface area contributed by atoms with E-state index < -0.39 is 0 Å². The molecule has 1 fully saturated rings. The molecule has 0 aliphatic carbocycles. The molecule has 1 heterocycles. The van der Waals surface area contributed by atoms with Gasteiger partial charge in [0, 0.05) is 23.6 Å². The van der Waals surface area contributed by atoms with Crippen LogP contribution in [0.15, 0.2) is 22.7 Å². The van der Waals surface area contributed by atoms with Gasteiger partial charge in [-0.15, -0.1) is 0 Å². The number of halogens is 1. The predicted octanol–water partition coefficient (Wildman–Crippen LogP) is 1.26. The molecule has 0 unspecified atom stereocenters. The molecule has 5 nitrogen and oxygen atoms in total. The highest BCUT2D eigenvalue weighted by atomic mass is 79.9. The van der Waals surface area contributed by atoms with Crippen LogP contribution >= 0.6 is 15.9 Å². The molecule has 1 aliphatic rings. The molecular formula is C13H15BrN2O3. The van der Waals surface area contributed by atoms with Crippen LogP contribution in [0.4, 0.5) is 0 Å². The van der Waals surface area contributed by atoms with Crippen molar-refractivity contribution < 1.29 is 14.3 Å². The summed E-state index contributed by atoms with van der Waals surface area (Å²) >= 11 is 3.39. The lowest BCUT2D eigenvalue weighted by Gasteiger charge is -2.32. The van der Waals surface area contributed by atoms with Gasteiger partial charge in [-0.1, -0.05) is 15.9 Å². The van der Waals surface area contributed by atoms with E-state index in [9.17, 15) is 9.59 Å². The second kappa shape index (κ2) is 5.61. The van der Waals surface area contributed by atoms with Crippen LogP contribution in [0.3, 0.4) is 0 Å². The van der Waals surface area contributed by atoms with Gasteiger partial charge in [0.2, 0.25) is 11.8 Å². The van der Waals surface area contributed by atoms with Crippen LogP contribution in [0.2, 0.25) is 0 Å². The summed E-state index contributed by atoms with van der Waals surface area (Å²) in [5.74, 6) is 0.611. The molecule has 0 saturated carbocycles. The number of piperazine rings is 1. The van der Waals surface area contributed by atoms with Gasteiger partial charge in [-0.2, -0.15) is 0 Å². The summed E-state index contributed by atoms with van der Waals surface area (Å²) in [4.78, 5) is 26.6. The van der Waals surface area contributed by atoms with Crippen LogP contribution in [0.1, 0.15) is 5.56 Å². The Morgan fingerprint density at radius 1 is 1.26 bits per heavy atom. The number of methoxy groups -OCH3 is 1. The minimum atomic E-state index is -0.0517. The molecule has 102 valence electrons. The maximum Gasteiger partial charge on any atom is 0.242 e. The van der Waals surface area contributed by atoms with Crippen LogP contribution in [0, 0.1) is 0 Å². The zero-order valence-electron chi connectivity index (χ0n) is 10.9. The molecule has 0 spiro atoms. The summed E-state index contributed by atoms with van der Waals surface area (Å²) in [5, 5.41) is 0. The van der Waals surface area contributed by atoms with Crippen LogP contribution in [-0.4, -0.2) is 48.9 Å². The van der Waals surface area contributed by atoms with Crippen molar-refractivity contribution in [1.29, 1.82) is 0 Å². The second-order valence-electron chi connectivity index (χ2n) is 4.46. The number of likely N-dealkylation sites (N-methyl/N-ethyl adjacent to an activating group) is 1. The third-order valence-electron chi connectivity index (χ3n) is 3.08. The van der Waals surface area contributed by atoms with Crippen LogP contribution < -0.4 is 4.74 Å². The molecule has 0 radical (unpaired) electrons. The van der Waals surface area contributed by atoms with Gasteiger partial charge in [0.15, 0.2) is 0 Å². The van der Waals surface area contributed by atoms with Crippen molar-refractivity contribution in [3.05, 3.63) is 28.2 Å². The molecule has 1 saturated heterocycles. The highest BCUT2D eigenvalue weighted by molar-refractivity contribution is 9.10. The van der Waals surface area contributed by atoms with E-state index in [1.54, 1.807) is 19.1 Å². The van der Waals surface area contributed by atoms with E-state index in [0.29, 0.717) is 12.3 Å². The zero-order chi connectivity index (χ0) is 14.0. The average molecular weight is 327 g/mol. The van der Waals surface area contributed by atoms with Crippen molar-refractivity contribution in [2.45, 2.75) is 6.54 Å². The van der Waals surface area contributed by atoms with Crippen molar-refractivity contribution >= 4 is 27.7 Å². The van der Waals surface area contributed by atoms with Crippen molar-refractivity contribution in [1.82, 2.24) is 9.80 Å². The van der Waals surface area contributed by atoms with E-state index in [2.05, 4.69) is 15.9 Å². The van der Waals surface area contributed by atoms with Crippen molar-refractivity contribution in [3.8, 4) is 5.75 Å². The summed E-state index contributed by atoms with van der Waals surface area (Å²) < 4.78 is 6.18. The minimum Gasteiger partial charge on any atom is -0.496 e. The fourth-order valence-electron chi connectivity index (χ4n) is 1.98. The first-order chi connectivity index (χ1) is 9.01. The van der Waals surface area contributed by atoms with Crippen LogP contribution in [-0.2, 0) is 16.1 Å². The smallest absolute Gasteiger partial charge is 0.242 e. The summed E-state index contributed by atoms with van der Waals surface area (Å²) in [6.45, 7) is 0.626. The first-order valence-corrected chi connectivity index (χ1v) is 6.64. The Morgan fingerprint density at radius 2 is 2.00 bits per heavy atom. The Morgan fingerprint density at radius 3 is 2.68 bits per heavy atom. The van der Waals surface area contributed by atoms with E-state index >= 15 is 0 Å². The minimum absolute atomic E-state index is 0.0476. The van der Waals surface area contributed by atoms with E-state index in [4.69, 9.17) is 4.74 Å². The van der Waals surface area contributed by atoms with E-state index in [-0.39, 0.29) is 24.9 Å². The lowest BCUT2D eigenvalue weighted by molar-refractivity contribution is -0.149. The molecule has 1 aliphatic heterocycles. The first-order valence-electron chi connectivity index (χ1n) is 5.85. The highest BCUT2D eigenvalue weighted by Gasteiger charge is 2.27. The topological polar surface area (TPSA) is 49.9 Å². The Hall–Kier alpha value is -1.56. The number of carbonyl (C=O) groups excluding carboxylic acids is 2. The van der Waals surface area contributed by atoms with Gasteiger partial charge >= 0.3 is 0 Å². The number of hydrogen-bond donors (Lipinski definition) is 0. The third kappa shape index (κ3) is 3.07. The summed E-state index contributed by atoms with van der Waals surface area (Å²) in [5.41, 5.74) is 0.877. The molecule has 0 N–H and O–H groups in total. The highest BCUT2D eigenvalue weighted by Crippen LogP contribution is 2.24. The fourth-order valence-corrected chi connectivity index (χ4v) is 2.39. The fraction of sp³-hybridized carbons (Fsp3) is 0.385. The summed E-state index contributed by atoms with van der Waals surface area (Å²) in [6.07, 6.45) is 0. The van der Waals surface area contributed by atoms with Crippen molar-refractivity contribution in [2.24, 2.45) is 0 Å². The monoisotopic (exact) mass is 326 g/mol. The second-order valence-corrected chi connectivity index (χ2v) is 5.37. The van der Waals surface area contributed by atoms with Gasteiger partial charge in [0.05, 0.1) is 13.7 Å². The van der Waals surface area contributed by atoms with Gasteiger partial charge in [-0.05, 0) is 18.2 Å². The van der Waals surface area contributed by atoms with Crippen molar-refractivity contribution in [3.63, 3.8) is 0 Å². The number of nitrogens with zero attached hydrogens (tertiary/aromatic N) is 2. The largest absolute Gasteiger partial charge is 0.496 e. The van der Waals surface area contributed by atoms with Crippen molar-refractivity contribution in [2.75, 3.05) is 27.2 Å². The van der Waals surface area contributed by atoms with E-state index in [0.717, 1.165) is 10.0 Å². The molecule has 1 aromatic rings. The maximum absolute atomic E-state index is 11.9. The van der Waals surface area contributed by atoms with Gasteiger partial charge in [0.25, 0.3) is 0 Å². The number of hydrogen-bond acceptors (Lipinski definition) is 3. The average Bonchev–Trinajstić information content (AvgIpc) is 2.36. The molecule has 2 amide bonds. The first kappa shape index (κ1) is 13.9. The standard InChI is InChI=1S/C13H15BrN2O3/c1-15-7-13(18)16(8-12(15)17)6-9-5-10(14)3-4-11(9)19-2/h3-5H,6-8H2,1-2H3. The Bertz CT molecular complexity index is 519. The van der Waals surface area contributed by atoms with Gasteiger partial charge in [-0.3, -0.25) is 9.59 Å². The molecule has 1 aromatic carbocycles. The SMILES string of the molecule is COc1ccc(Br)cc1CN1CC(=O)N(C)CC1=O. The molecule has 0 aromatic heterocycles. The van der Waals surface area contributed by atoms with Gasteiger partial charge in [0.1, 0.15) is 12.3 Å². The normalized spacial score (nSPS) is 15.9. The number of rotatable bonds is 3. The van der Waals surface area contributed by atoms with Crippen LogP contribution in [0.5, 0.6) is 5.75 Å². The predicted molar refractivity (Wildman–Crippen MR) is 73.7 cm³/mol. The number of benzene rings is 1. The molecule has 0 bridgehead atoms. The lowest BCUT2D eigenvalue weighted by atomic mass is 10.1. The summed E-state index contributed by atoms with van der Waals surface area (Å²) in [6, 6.07) is 5.61.